The van der Waals surface area contributed by atoms with Crippen LogP contribution < -0.4 is 5.32 Å². The highest BCUT2D eigenvalue weighted by atomic mass is 32.2. The summed E-state index contributed by atoms with van der Waals surface area (Å²) in [4.78, 5) is 23.8. The molecule has 6 heteroatoms. The molecule has 0 bridgehead atoms. The van der Waals surface area contributed by atoms with E-state index in [0.717, 1.165) is 28.5 Å². The van der Waals surface area contributed by atoms with Crippen molar-refractivity contribution >= 4 is 39.2 Å². The Morgan fingerprint density at radius 2 is 2.09 bits per heavy atom. The molecule has 22 heavy (non-hydrogen) atoms. The van der Waals surface area contributed by atoms with Crippen LogP contribution >= 0.6 is 23.1 Å². The maximum Gasteiger partial charge on any atom is 0.230 e. The van der Waals surface area contributed by atoms with Gasteiger partial charge in [0.05, 0.1) is 5.75 Å². The highest BCUT2D eigenvalue weighted by Gasteiger charge is 2.22. The van der Waals surface area contributed by atoms with Gasteiger partial charge in [0.1, 0.15) is 15.7 Å². The van der Waals surface area contributed by atoms with Crippen LogP contribution in [0.15, 0.2) is 5.03 Å². The summed E-state index contributed by atoms with van der Waals surface area (Å²) in [7, 11) is 0. The molecule has 0 spiro atoms. The molecule has 1 aliphatic rings. The summed E-state index contributed by atoms with van der Waals surface area (Å²) in [6.45, 7) is 7.90. The van der Waals surface area contributed by atoms with E-state index in [2.05, 4.69) is 15.3 Å². The van der Waals surface area contributed by atoms with E-state index in [9.17, 15) is 4.79 Å². The molecule has 2 aromatic heterocycles. The van der Waals surface area contributed by atoms with Crippen molar-refractivity contribution in [3.05, 3.63) is 16.3 Å². The van der Waals surface area contributed by atoms with Crippen LogP contribution in [0, 0.1) is 6.92 Å². The molecule has 0 fully saturated rings. The molecule has 4 nitrogen and oxygen atoms in total. The molecule has 2 aromatic rings. The number of aromatic nitrogens is 2. The van der Waals surface area contributed by atoms with Crippen LogP contribution in [0.25, 0.3) is 10.2 Å². The minimum atomic E-state index is -0.196. The average molecular weight is 335 g/mol. The number of fused-ring (bicyclic) bond motifs is 3. The fraction of sp³-hybridized carbons (Fsp3) is 0.562. The molecule has 0 atom stereocenters. The third-order valence-corrected chi connectivity index (χ3v) is 5.66. The Morgan fingerprint density at radius 3 is 2.82 bits per heavy atom. The van der Waals surface area contributed by atoms with Gasteiger partial charge in [-0.15, -0.1) is 11.3 Å². The Kier molecular flexibility index (Phi) is 4.16. The highest BCUT2D eigenvalue weighted by Crippen LogP contribution is 2.40. The fourth-order valence-corrected chi connectivity index (χ4v) is 5.03. The molecular weight excluding hydrogens is 314 g/mol. The maximum absolute atomic E-state index is 12.1. The predicted octanol–water partition coefficient (Wildman–Crippen LogP) is 3.50. The Hall–Kier alpha value is -1.14. The Bertz CT molecular complexity index is 731. The number of carbonyl (C=O) groups excluding carboxylic acids is 1. The van der Waals surface area contributed by atoms with Gasteiger partial charge >= 0.3 is 0 Å². The first-order chi connectivity index (χ1) is 10.3. The molecule has 118 valence electrons. The van der Waals surface area contributed by atoms with Crippen LogP contribution in [0.1, 0.15) is 43.5 Å². The maximum atomic E-state index is 12.1. The average Bonchev–Trinajstić information content (AvgIpc) is 2.93. The molecule has 2 heterocycles. The third kappa shape index (κ3) is 3.27. The minimum absolute atomic E-state index is 0.0498. The quantitative estimate of drug-likeness (QED) is 0.689. The van der Waals surface area contributed by atoms with Crippen molar-refractivity contribution in [2.75, 3.05) is 5.75 Å². The van der Waals surface area contributed by atoms with E-state index in [1.165, 1.54) is 34.0 Å². The van der Waals surface area contributed by atoms with E-state index in [1.807, 2.05) is 27.7 Å². The Balaban J connectivity index is 1.86. The summed E-state index contributed by atoms with van der Waals surface area (Å²) in [6.07, 6.45) is 3.49. The zero-order valence-corrected chi connectivity index (χ0v) is 15.1. The fourth-order valence-electron chi connectivity index (χ4n) is 2.76. The van der Waals surface area contributed by atoms with Gasteiger partial charge in [-0.3, -0.25) is 4.79 Å². The van der Waals surface area contributed by atoms with Crippen molar-refractivity contribution in [1.29, 1.82) is 0 Å². The van der Waals surface area contributed by atoms with Gasteiger partial charge in [0.15, 0.2) is 0 Å². The molecule has 1 aliphatic carbocycles. The lowest BCUT2D eigenvalue weighted by Gasteiger charge is -2.20. The molecule has 0 saturated heterocycles. The number of hydrogen-bond acceptors (Lipinski definition) is 5. The van der Waals surface area contributed by atoms with Crippen LogP contribution in [-0.4, -0.2) is 27.2 Å². The number of thioether (sulfide) groups is 1. The van der Waals surface area contributed by atoms with E-state index in [4.69, 9.17) is 0 Å². The number of carbonyl (C=O) groups is 1. The van der Waals surface area contributed by atoms with Crippen molar-refractivity contribution in [3.63, 3.8) is 0 Å². The van der Waals surface area contributed by atoms with E-state index in [1.54, 1.807) is 11.3 Å². The van der Waals surface area contributed by atoms with Crippen LogP contribution in [0.5, 0.6) is 0 Å². The van der Waals surface area contributed by atoms with Gasteiger partial charge in [0, 0.05) is 15.8 Å². The molecule has 0 aliphatic heterocycles. The first-order valence-electron chi connectivity index (χ1n) is 7.56. The van der Waals surface area contributed by atoms with Crippen molar-refractivity contribution in [2.24, 2.45) is 0 Å². The van der Waals surface area contributed by atoms with Crippen LogP contribution in [-0.2, 0) is 17.6 Å². The number of hydrogen-bond donors (Lipinski definition) is 1. The lowest BCUT2D eigenvalue weighted by atomic mass is 10.1. The van der Waals surface area contributed by atoms with Gasteiger partial charge in [0.2, 0.25) is 5.91 Å². The summed E-state index contributed by atoms with van der Waals surface area (Å²) in [5, 5.41) is 5.15. The van der Waals surface area contributed by atoms with Crippen molar-refractivity contribution in [2.45, 2.75) is 57.5 Å². The molecule has 1 N–H and O–H groups in total. The third-order valence-electron chi connectivity index (χ3n) is 3.50. The van der Waals surface area contributed by atoms with E-state index in [-0.39, 0.29) is 11.4 Å². The normalized spacial score (nSPS) is 14.4. The Morgan fingerprint density at radius 1 is 1.32 bits per heavy atom. The number of nitrogens with zero attached hydrogens (tertiary/aromatic N) is 2. The van der Waals surface area contributed by atoms with Gasteiger partial charge in [-0.25, -0.2) is 9.97 Å². The number of rotatable bonds is 3. The minimum Gasteiger partial charge on any atom is -0.351 e. The molecule has 0 radical (unpaired) electrons. The van der Waals surface area contributed by atoms with Gasteiger partial charge in [0.25, 0.3) is 0 Å². The van der Waals surface area contributed by atoms with Crippen molar-refractivity contribution < 1.29 is 4.79 Å². The largest absolute Gasteiger partial charge is 0.351 e. The smallest absolute Gasteiger partial charge is 0.230 e. The SMILES string of the molecule is Cc1nc(SCC(=O)NC(C)(C)C)c2c3c(sc2n1)CCC3. The number of thiophene rings is 1. The lowest BCUT2D eigenvalue weighted by Crippen LogP contribution is -2.41. The molecule has 0 aromatic carbocycles. The molecule has 0 unspecified atom stereocenters. The molecule has 3 rings (SSSR count). The zero-order chi connectivity index (χ0) is 15.9. The van der Waals surface area contributed by atoms with Crippen molar-refractivity contribution in [1.82, 2.24) is 15.3 Å². The monoisotopic (exact) mass is 335 g/mol. The second-order valence-corrected chi connectivity index (χ2v) is 8.75. The lowest BCUT2D eigenvalue weighted by molar-refractivity contribution is -0.119. The number of aryl methyl sites for hydroxylation is 3. The molecule has 0 saturated carbocycles. The Labute approximate surface area is 139 Å². The van der Waals surface area contributed by atoms with Gasteiger partial charge in [-0.05, 0) is 52.5 Å². The number of amides is 1. The van der Waals surface area contributed by atoms with Gasteiger partial charge < -0.3 is 5.32 Å². The standard InChI is InChI=1S/C16H21N3OS2/c1-9-17-14(21-8-12(20)19-16(2,3)4)13-10-6-5-7-11(10)22-15(13)18-9/h5-8H2,1-4H3,(H,19,20). The van der Waals surface area contributed by atoms with Crippen molar-refractivity contribution in [3.8, 4) is 0 Å². The summed E-state index contributed by atoms with van der Waals surface area (Å²) in [5.41, 5.74) is 1.22. The van der Waals surface area contributed by atoms with E-state index >= 15 is 0 Å². The summed E-state index contributed by atoms with van der Waals surface area (Å²) < 4.78 is 0. The highest BCUT2D eigenvalue weighted by molar-refractivity contribution is 8.00. The summed E-state index contributed by atoms with van der Waals surface area (Å²) in [5.74, 6) is 1.23. The van der Waals surface area contributed by atoms with Crippen LogP contribution in [0.3, 0.4) is 0 Å². The van der Waals surface area contributed by atoms with E-state index < -0.39 is 0 Å². The molecule has 1 amide bonds. The first-order valence-corrected chi connectivity index (χ1v) is 9.36. The topological polar surface area (TPSA) is 54.9 Å². The second-order valence-electron chi connectivity index (χ2n) is 6.70. The first kappa shape index (κ1) is 15.7. The molecular formula is C16H21N3OS2. The van der Waals surface area contributed by atoms with Gasteiger partial charge in [-0.1, -0.05) is 11.8 Å². The summed E-state index contributed by atoms with van der Waals surface area (Å²) >= 11 is 3.32. The van der Waals surface area contributed by atoms with E-state index in [0.29, 0.717) is 5.75 Å². The zero-order valence-electron chi connectivity index (χ0n) is 13.4. The summed E-state index contributed by atoms with van der Waals surface area (Å²) in [6, 6.07) is 0. The number of nitrogens with one attached hydrogen (secondary N) is 1. The van der Waals surface area contributed by atoms with Crippen LogP contribution in [0.2, 0.25) is 0 Å². The predicted molar refractivity (Wildman–Crippen MR) is 92.8 cm³/mol. The van der Waals surface area contributed by atoms with Gasteiger partial charge in [-0.2, -0.15) is 0 Å². The van der Waals surface area contributed by atoms with Crippen LogP contribution in [0.4, 0.5) is 0 Å². The second kappa shape index (κ2) is 5.81.